The molecule has 0 unspecified atom stereocenters. The lowest BCUT2D eigenvalue weighted by Crippen LogP contribution is -2.62. The highest BCUT2D eigenvalue weighted by molar-refractivity contribution is 5.86. The van der Waals surface area contributed by atoms with E-state index >= 15 is 0 Å². The highest BCUT2D eigenvalue weighted by atomic mass is 19.4. The number of hydrogen-bond donors (Lipinski definition) is 2. The lowest BCUT2D eigenvalue weighted by Gasteiger charge is -2.46. The van der Waals surface area contributed by atoms with Crippen molar-refractivity contribution in [3.05, 3.63) is 35.4 Å². The zero-order valence-corrected chi connectivity index (χ0v) is 14.2. The third-order valence-electron chi connectivity index (χ3n) is 5.28. The second-order valence-corrected chi connectivity index (χ2v) is 7.01. The van der Waals surface area contributed by atoms with E-state index < -0.39 is 23.3 Å². The molecule has 1 aromatic carbocycles. The summed E-state index contributed by atoms with van der Waals surface area (Å²) in [4.78, 5) is 26.4. The fourth-order valence-electron chi connectivity index (χ4n) is 3.80. The van der Waals surface area contributed by atoms with Crippen LogP contribution in [-0.2, 0) is 22.2 Å². The van der Waals surface area contributed by atoms with Crippen molar-refractivity contribution in [1.29, 1.82) is 0 Å². The van der Waals surface area contributed by atoms with Crippen LogP contribution in [0.25, 0.3) is 0 Å². The quantitative estimate of drug-likeness (QED) is 0.833. The summed E-state index contributed by atoms with van der Waals surface area (Å²) in [5.74, 6) is -0.596. The first-order valence-electron chi connectivity index (χ1n) is 8.63. The van der Waals surface area contributed by atoms with Crippen molar-refractivity contribution in [3.63, 3.8) is 0 Å². The number of benzene rings is 1. The Kier molecular flexibility index (Phi) is 4.96. The summed E-state index contributed by atoms with van der Waals surface area (Å²) >= 11 is 0. The number of likely N-dealkylation sites (tertiary alicyclic amines) is 1. The van der Waals surface area contributed by atoms with Gasteiger partial charge in [-0.15, -0.1) is 0 Å². The van der Waals surface area contributed by atoms with Gasteiger partial charge in [0.05, 0.1) is 23.5 Å². The molecule has 0 saturated carbocycles. The van der Waals surface area contributed by atoms with Gasteiger partial charge in [0.1, 0.15) is 0 Å². The molecular formula is C18H21F3N2O3. The number of amides is 2. The van der Waals surface area contributed by atoms with Crippen molar-refractivity contribution in [2.75, 3.05) is 19.6 Å². The molecule has 0 aliphatic carbocycles. The maximum Gasteiger partial charge on any atom is 0.416 e. The monoisotopic (exact) mass is 370 g/mol. The number of hydrogen-bond acceptors (Lipinski definition) is 3. The molecule has 2 saturated heterocycles. The molecular weight excluding hydrogens is 349 g/mol. The molecule has 2 amide bonds. The average Bonchev–Trinajstić information content (AvgIpc) is 2.59. The minimum atomic E-state index is -4.46. The zero-order valence-electron chi connectivity index (χ0n) is 14.2. The van der Waals surface area contributed by atoms with Crippen LogP contribution >= 0.6 is 0 Å². The Morgan fingerprint density at radius 1 is 1.38 bits per heavy atom. The highest BCUT2D eigenvalue weighted by Crippen LogP contribution is 2.37. The zero-order chi connectivity index (χ0) is 18.9. The van der Waals surface area contributed by atoms with Gasteiger partial charge in [0, 0.05) is 19.6 Å². The number of rotatable bonds is 2. The van der Waals surface area contributed by atoms with E-state index in [0.717, 1.165) is 18.6 Å². The predicted molar refractivity (Wildman–Crippen MR) is 87.0 cm³/mol. The van der Waals surface area contributed by atoms with E-state index in [4.69, 9.17) is 0 Å². The summed E-state index contributed by atoms with van der Waals surface area (Å²) in [5, 5.41) is 13.1. The van der Waals surface area contributed by atoms with Crippen molar-refractivity contribution >= 4 is 11.8 Å². The minimum Gasteiger partial charge on any atom is -0.392 e. The molecule has 0 radical (unpaired) electrons. The number of nitrogens with zero attached hydrogens (tertiary/aromatic N) is 1. The molecule has 2 atom stereocenters. The van der Waals surface area contributed by atoms with Crippen LogP contribution in [-0.4, -0.2) is 47.6 Å². The van der Waals surface area contributed by atoms with Crippen LogP contribution in [0, 0.1) is 5.41 Å². The van der Waals surface area contributed by atoms with Crippen molar-refractivity contribution < 1.29 is 27.9 Å². The Labute approximate surface area is 149 Å². The summed E-state index contributed by atoms with van der Waals surface area (Å²) in [6, 6.07) is 4.70. The number of aliphatic hydroxyl groups is 1. The van der Waals surface area contributed by atoms with E-state index in [2.05, 4.69) is 5.32 Å². The second-order valence-electron chi connectivity index (χ2n) is 7.01. The maximum absolute atomic E-state index is 12.8. The number of aliphatic hydroxyl groups excluding tert-OH is 1. The summed E-state index contributed by atoms with van der Waals surface area (Å²) in [6.45, 7) is 0.928. The van der Waals surface area contributed by atoms with Gasteiger partial charge >= 0.3 is 6.18 Å². The Bertz CT molecular complexity index is 707. The average molecular weight is 370 g/mol. The van der Waals surface area contributed by atoms with Gasteiger partial charge in [-0.3, -0.25) is 9.59 Å². The maximum atomic E-state index is 12.8. The molecule has 26 heavy (non-hydrogen) atoms. The van der Waals surface area contributed by atoms with Crippen molar-refractivity contribution in [3.8, 4) is 0 Å². The number of carbonyl (C=O) groups is 2. The number of piperidine rings is 2. The number of nitrogens with one attached hydrogen (secondary N) is 1. The second kappa shape index (κ2) is 6.90. The molecule has 1 spiro atoms. The molecule has 1 aromatic rings. The predicted octanol–water partition coefficient (Wildman–Crippen LogP) is 1.74. The Hall–Kier alpha value is -2.09. The number of carbonyl (C=O) groups excluding carboxylic acids is 2. The van der Waals surface area contributed by atoms with Gasteiger partial charge in [0.25, 0.3) is 0 Å². The summed E-state index contributed by atoms with van der Waals surface area (Å²) < 4.78 is 38.5. The lowest BCUT2D eigenvalue weighted by atomic mass is 9.71. The third kappa shape index (κ3) is 3.56. The van der Waals surface area contributed by atoms with Crippen LogP contribution in [0.5, 0.6) is 0 Å². The minimum absolute atomic E-state index is 0.0950. The van der Waals surface area contributed by atoms with E-state index in [0.29, 0.717) is 13.0 Å². The summed E-state index contributed by atoms with van der Waals surface area (Å²) in [7, 11) is 0. The van der Waals surface area contributed by atoms with E-state index in [1.54, 1.807) is 0 Å². The SMILES string of the molecule is O=C(Cc1cccc(C(F)(F)F)c1)N1CC[C@@H](O)[C@@]2(CCCNC2=O)C1. The van der Waals surface area contributed by atoms with Gasteiger partial charge in [0.2, 0.25) is 11.8 Å². The largest absolute Gasteiger partial charge is 0.416 e. The standard InChI is InChI=1S/C18H21F3N2O3/c19-18(20,21)13-4-1-3-12(9-13)10-15(25)23-8-5-14(24)17(11-23)6-2-7-22-16(17)26/h1,3-4,9,14,24H,2,5-8,10-11H2,(H,22,26)/t14-,17-/m1/s1. The molecule has 2 fully saturated rings. The van der Waals surface area contributed by atoms with E-state index in [1.807, 2.05) is 0 Å². The third-order valence-corrected chi connectivity index (χ3v) is 5.28. The fraction of sp³-hybridized carbons (Fsp3) is 0.556. The van der Waals surface area contributed by atoms with Gasteiger partial charge in [0.15, 0.2) is 0 Å². The van der Waals surface area contributed by atoms with Crippen LogP contribution in [0.15, 0.2) is 24.3 Å². The van der Waals surface area contributed by atoms with Crippen LogP contribution in [0.1, 0.15) is 30.4 Å². The first-order chi connectivity index (χ1) is 12.2. The topological polar surface area (TPSA) is 69.6 Å². The molecule has 142 valence electrons. The van der Waals surface area contributed by atoms with E-state index in [-0.39, 0.29) is 43.3 Å². The van der Waals surface area contributed by atoms with Crippen LogP contribution in [0.2, 0.25) is 0 Å². The molecule has 2 aliphatic rings. The normalized spacial score (nSPS) is 26.7. The van der Waals surface area contributed by atoms with Crippen LogP contribution in [0.3, 0.4) is 0 Å². The van der Waals surface area contributed by atoms with Crippen LogP contribution < -0.4 is 5.32 Å². The van der Waals surface area contributed by atoms with Gasteiger partial charge in [-0.25, -0.2) is 0 Å². The molecule has 2 N–H and O–H groups in total. The molecule has 3 rings (SSSR count). The number of alkyl halides is 3. The Morgan fingerprint density at radius 2 is 2.15 bits per heavy atom. The Balaban J connectivity index is 1.73. The van der Waals surface area contributed by atoms with Gasteiger partial charge < -0.3 is 15.3 Å². The van der Waals surface area contributed by atoms with Crippen molar-refractivity contribution in [2.45, 2.75) is 38.0 Å². The van der Waals surface area contributed by atoms with Crippen molar-refractivity contribution in [2.24, 2.45) is 5.41 Å². The van der Waals surface area contributed by atoms with Gasteiger partial charge in [-0.1, -0.05) is 18.2 Å². The first-order valence-corrected chi connectivity index (χ1v) is 8.63. The van der Waals surface area contributed by atoms with Crippen LogP contribution in [0.4, 0.5) is 13.2 Å². The molecule has 2 aliphatic heterocycles. The molecule has 0 aromatic heterocycles. The molecule has 8 heteroatoms. The number of halogens is 3. The van der Waals surface area contributed by atoms with Crippen molar-refractivity contribution in [1.82, 2.24) is 10.2 Å². The first kappa shape index (κ1) is 18.7. The van der Waals surface area contributed by atoms with Gasteiger partial charge in [-0.05, 0) is 30.9 Å². The molecule has 0 bridgehead atoms. The highest BCUT2D eigenvalue weighted by Gasteiger charge is 2.50. The Morgan fingerprint density at radius 3 is 2.85 bits per heavy atom. The summed E-state index contributed by atoms with van der Waals surface area (Å²) in [5.41, 5.74) is -1.53. The van der Waals surface area contributed by atoms with E-state index in [9.17, 15) is 27.9 Å². The smallest absolute Gasteiger partial charge is 0.392 e. The lowest BCUT2D eigenvalue weighted by molar-refractivity contribution is -0.154. The summed E-state index contributed by atoms with van der Waals surface area (Å²) in [6.07, 6.45) is -3.95. The molecule has 5 nitrogen and oxygen atoms in total. The fourth-order valence-corrected chi connectivity index (χ4v) is 3.80. The van der Waals surface area contributed by atoms with E-state index in [1.165, 1.54) is 17.0 Å². The molecule has 2 heterocycles. The van der Waals surface area contributed by atoms with Gasteiger partial charge in [-0.2, -0.15) is 13.2 Å².